The number of rotatable bonds is 3. The molecule has 4 aliphatic carbocycles. The lowest BCUT2D eigenvalue weighted by Gasteiger charge is -2.58. The first kappa shape index (κ1) is 13.5. The lowest BCUT2D eigenvalue weighted by Crippen LogP contribution is -2.53. The number of aromatic nitrogens is 2. The van der Waals surface area contributed by atoms with Crippen LogP contribution >= 0.6 is 0 Å². The van der Waals surface area contributed by atoms with Gasteiger partial charge in [-0.05, 0) is 68.6 Å². The van der Waals surface area contributed by atoms with E-state index in [-0.39, 0.29) is 11.0 Å². The summed E-state index contributed by atoms with van der Waals surface area (Å²) in [4.78, 5) is 16.2. The number of nitrogens with zero attached hydrogens (tertiary/aromatic N) is 2. The van der Waals surface area contributed by atoms with Crippen LogP contribution in [0.1, 0.15) is 44.2 Å². The molecule has 0 aliphatic heterocycles. The van der Waals surface area contributed by atoms with E-state index in [2.05, 4.69) is 4.98 Å². The van der Waals surface area contributed by atoms with Crippen LogP contribution in [0.2, 0.25) is 0 Å². The number of hydrogen-bond donors (Lipinski definition) is 1. The molecule has 1 atom stereocenters. The predicted molar refractivity (Wildman–Crippen MR) is 79.8 cm³/mol. The molecule has 4 saturated carbocycles. The fraction of sp³-hybridized carbons (Fsp3) is 0.765. The molecule has 5 rings (SSSR count). The van der Waals surface area contributed by atoms with Crippen LogP contribution in [0.4, 0.5) is 0 Å². The summed E-state index contributed by atoms with van der Waals surface area (Å²) >= 11 is 0. The van der Waals surface area contributed by atoms with E-state index >= 15 is 0 Å². The van der Waals surface area contributed by atoms with E-state index in [0.717, 1.165) is 42.7 Å². The van der Waals surface area contributed by atoms with Crippen LogP contribution < -0.4 is 5.56 Å². The summed E-state index contributed by atoms with van der Waals surface area (Å²) in [7, 11) is 0. The zero-order valence-electron chi connectivity index (χ0n) is 12.7. The fourth-order valence-corrected chi connectivity index (χ4v) is 5.62. The van der Waals surface area contributed by atoms with E-state index in [0.29, 0.717) is 6.54 Å². The Balaban J connectivity index is 1.57. The minimum absolute atomic E-state index is 0.0497. The Morgan fingerprint density at radius 3 is 2.38 bits per heavy atom. The number of aryl methyl sites for hydroxylation is 1. The summed E-state index contributed by atoms with van der Waals surface area (Å²) in [6.07, 6.45) is 8.78. The molecule has 1 aromatic rings. The minimum atomic E-state index is -0.409. The van der Waals surface area contributed by atoms with Crippen LogP contribution in [0.15, 0.2) is 17.2 Å². The van der Waals surface area contributed by atoms with Crippen LogP contribution in [0.3, 0.4) is 0 Å². The van der Waals surface area contributed by atoms with Crippen molar-refractivity contribution in [2.75, 3.05) is 0 Å². The van der Waals surface area contributed by atoms with Gasteiger partial charge in [0, 0.05) is 11.8 Å². The van der Waals surface area contributed by atoms with Gasteiger partial charge in [0.1, 0.15) is 0 Å². The number of aliphatic hydroxyl groups excluding tert-OH is 1. The highest BCUT2D eigenvalue weighted by molar-refractivity contribution is 5.05. The maximum atomic E-state index is 12.0. The molecule has 4 fully saturated rings. The molecule has 4 bridgehead atoms. The van der Waals surface area contributed by atoms with Crippen molar-refractivity contribution in [1.82, 2.24) is 9.55 Å². The highest BCUT2D eigenvalue weighted by Gasteiger charge is 2.53. The molecule has 0 radical (unpaired) electrons. The lowest BCUT2D eigenvalue weighted by atomic mass is 9.48. The minimum Gasteiger partial charge on any atom is -0.391 e. The summed E-state index contributed by atoms with van der Waals surface area (Å²) in [6.45, 7) is 2.22. The van der Waals surface area contributed by atoms with Gasteiger partial charge in [-0.3, -0.25) is 9.36 Å². The fourth-order valence-electron chi connectivity index (χ4n) is 5.62. The SMILES string of the molecule is Cc1cc(=O)n(CC(O)C23CC4CC(CC(C4)C2)C3)cn1. The van der Waals surface area contributed by atoms with Crippen molar-refractivity contribution in [3.8, 4) is 0 Å². The van der Waals surface area contributed by atoms with Crippen molar-refractivity contribution in [3.05, 3.63) is 28.4 Å². The third-order valence-electron chi connectivity index (χ3n) is 6.18. The van der Waals surface area contributed by atoms with Gasteiger partial charge in [0.05, 0.1) is 19.0 Å². The maximum Gasteiger partial charge on any atom is 0.253 e. The first-order chi connectivity index (χ1) is 10.0. The highest BCUT2D eigenvalue weighted by atomic mass is 16.3. The smallest absolute Gasteiger partial charge is 0.253 e. The molecule has 0 aromatic carbocycles. The normalized spacial score (nSPS) is 38.7. The molecule has 4 aliphatic rings. The standard InChI is InChI=1S/C17H24N2O2/c1-11-2-16(21)19(10-18-11)9-15(20)17-6-12-3-13(7-17)5-14(4-12)8-17/h2,10,12-15,20H,3-9H2,1H3. The van der Waals surface area contributed by atoms with Crippen molar-refractivity contribution in [1.29, 1.82) is 0 Å². The zero-order valence-corrected chi connectivity index (χ0v) is 12.7. The van der Waals surface area contributed by atoms with Crippen LogP contribution in [0.25, 0.3) is 0 Å². The molecule has 1 N–H and O–H groups in total. The van der Waals surface area contributed by atoms with E-state index in [1.54, 1.807) is 17.0 Å². The Bertz CT molecular complexity index is 572. The molecule has 4 nitrogen and oxygen atoms in total. The Hall–Kier alpha value is -1.16. The quantitative estimate of drug-likeness (QED) is 0.927. The van der Waals surface area contributed by atoms with Gasteiger partial charge in [0.25, 0.3) is 5.56 Å². The Morgan fingerprint density at radius 2 is 1.86 bits per heavy atom. The van der Waals surface area contributed by atoms with Crippen LogP contribution in [0.5, 0.6) is 0 Å². The average Bonchev–Trinajstić information content (AvgIpc) is 2.40. The number of aliphatic hydroxyl groups is 1. The first-order valence-electron chi connectivity index (χ1n) is 8.25. The van der Waals surface area contributed by atoms with E-state index < -0.39 is 6.10 Å². The van der Waals surface area contributed by atoms with Crippen molar-refractivity contribution in [2.24, 2.45) is 23.2 Å². The highest BCUT2D eigenvalue weighted by Crippen LogP contribution is 2.61. The van der Waals surface area contributed by atoms with E-state index in [4.69, 9.17) is 0 Å². The average molecular weight is 288 g/mol. The molecule has 0 amide bonds. The summed E-state index contributed by atoms with van der Waals surface area (Å²) in [5, 5.41) is 10.9. The first-order valence-corrected chi connectivity index (χ1v) is 8.25. The molecule has 1 heterocycles. The van der Waals surface area contributed by atoms with Gasteiger partial charge in [-0.1, -0.05) is 0 Å². The summed E-state index contributed by atoms with van der Waals surface area (Å²) in [6, 6.07) is 1.55. The second-order valence-electron chi connectivity index (χ2n) is 7.82. The Morgan fingerprint density at radius 1 is 1.29 bits per heavy atom. The molecule has 1 aromatic heterocycles. The molecule has 114 valence electrons. The van der Waals surface area contributed by atoms with Crippen molar-refractivity contribution in [2.45, 2.75) is 58.1 Å². The maximum absolute atomic E-state index is 12.0. The lowest BCUT2D eigenvalue weighted by molar-refractivity contribution is -0.124. The Labute approximate surface area is 125 Å². The van der Waals surface area contributed by atoms with Crippen molar-refractivity contribution >= 4 is 0 Å². The molecule has 0 spiro atoms. The van der Waals surface area contributed by atoms with Gasteiger partial charge < -0.3 is 5.11 Å². The summed E-state index contributed by atoms with van der Waals surface area (Å²) in [5.41, 5.74) is 0.755. The molecule has 4 heteroatoms. The van der Waals surface area contributed by atoms with Gasteiger partial charge in [-0.25, -0.2) is 4.98 Å². The van der Waals surface area contributed by atoms with Gasteiger partial charge >= 0.3 is 0 Å². The molecule has 1 unspecified atom stereocenters. The monoisotopic (exact) mass is 288 g/mol. The predicted octanol–water partition coefficient (Wildman–Crippen LogP) is 2.13. The molecule has 21 heavy (non-hydrogen) atoms. The molecule has 0 saturated heterocycles. The van der Waals surface area contributed by atoms with Gasteiger partial charge in [0.2, 0.25) is 0 Å². The second-order valence-corrected chi connectivity index (χ2v) is 7.82. The van der Waals surface area contributed by atoms with Crippen molar-refractivity contribution < 1.29 is 5.11 Å². The Kier molecular flexibility index (Phi) is 3.00. The zero-order chi connectivity index (χ0) is 14.6. The second kappa shape index (κ2) is 4.67. The third-order valence-corrected chi connectivity index (χ3v) is 6.18. The molecular weight excluding hydrogens is 264 g/mol. The van der Waals surface area contributed by atoms with E-state index in [1.807, 2.05) is 6.92 Å². The summed E-state index contributed by atoms with van der Waals surface area (Å²) in [5.74, 6) is 2.45. The molecular formula is C17H24N2O2. The van der Waals surface area contributed by atoms with Crippen molar-refractivity contribution in [3.63, 3.8) is 0 Å². The topological polar surface area (TPSA) is 55.1 Å². The van der Waals surface area contributed by atoms with Gasteiger partial charge in [-0.2, -0.15) is 0 Å². The van der Waals surface area contributed by atoms with Gasteiger partial charge in [0.15, 0.2) is 0 Å². The third kappa shape index (κ3) is 2.24. The number of hydrogen-bond acceptors (Lipinski definition) is 3. The van der Waals surface area contributed by atoms with E-state index in [9.17, 15) is 9.90 Å². The van der Waals surface area contributed by atoms with Crippen LogP contribution in [-0.2, 0) is 6.54 Å². The van der Waals surface area contributed by atoms with Crippen LogP contribution in [0, 0.1) is 30.1 Å². The van der Waals surface area contributed by atoms with Crippen LogP contribution in [-0.4, -0.2) is 20.8 Å². The summed E-state index contributed by atoms with van der Waals surface area (Å²) < 4.78 is 1.58. The largest absolute Gasteiger partial charge is 0.391 e. The van der Waals surface area contributed by atoms with E-state index in [1.165, 1.54) is 19.3 Å². The van der Waals surface area contributed by atoms with Gasteiger partial charge in [-0.15, -0.1) is 0 Å².